The van der Waals surface area contributed by atoms with Crippen molar-refractivity contribution in [3.63, 3.8) is 0 Å². The molecule has 1 atom stereocenters. The molecular formula is C33H35N3O5S. The summed E-state index contributed by atoms with van der Waals surface area (Å²) < 4.78 is 41.6. The largest absolute Gasteiger partial charge is 0.487 e. The summed E-state index contributed by atoms with van der Waals surface area (Å²) in [6.07, 6.45) is 7.83. The van der Waals surface area contributed by atoms with Gasteiger partial charge in [0, 0.05) is 17.5 Å². The number of sulfonamides is 1. The number of carbonyl (C=O) groups is 1. The fourth-order valence-electron chi connectivity index (χ4n) is 5.98. The summed E-state index contributed by atoms with van der Waals surface area (Å²) in [5, 5.41) is 5.20. The van der Waals surface area contributed by atoms with Gasteiger partial charge < -0.3 is 9.15 Å². The van der Waals surface area contributed by atoms with Gasteiger partial charge in [-0.3, -0.25) is 4.79 Å². The number of fused-ring (bicyclic) bond motifs is 2. The standard InChI is InChI=1S/C33H35N3O5S/c1-22-11-13-26(14-12-22)42(38,39)36-31(24-9-5-3-6-10-24)32(37)35-34-30-19-23(2)27-20-25-15-18-33(16-7-4-8-17-33)41-28(25)21-29(27)40-30/h3,5-6,9-14,19-21,31,36H,4,7-8,15-18H2,1-2H3,(H,35,37)/b34-30+/t31-/m1/s1. The Hall–Kier alpha value is -3.95. The highest BCUT2D eigenvalue weighted by molar-refractivity contribution is 7.89. The first-order valence-corrected chi connectivity index (χ1v) is 15.9. The van der Waals surface area contributed by atoms with Crippen molar-refractivity contribution in [1.29, 1.82) is 0 Å². The molecule has 9 heteroatoms. The van der Waals surface area contributed by atoms with Crippen LogP contribution < -0.4 is 20.4 Å². The Morgan fingerprint density at radius 3 is 2.40 bits per heavy atom. The van der Waals surface area contributed by atoms with Crippen molar-refractivity contribution in [2.45, 2.75) is 75.3 Å². The van der Waals surface area contributed by atoms with Crippen molar-refractivity contribution in [3.8, 4) is 5.75 Å². The first-order chi connectivity index (χ1) is 20.2. The molecule has 0 radical (unpaired) electrons. The minimum Gasteiger partial charge on any atom is -0.487 e. The van der Waals surface area contributed by atoms with Gasteiger partial charge in [-0.1, -0.05) is 54.4 Å². The van der Waals surface area contributed by atoms with Crippen molar-refractivity contribution in [1.82, 2.24) is 10.1 Å². The molecule has 2 N–H and O–H groups in total. The van der Waals surface area contributed by atoms with E-state index in [1.54, 1.807) is 48.5 Å². The summed E-state index contributed by atoms with van der Waals surface area (Å²) in [4.78, 5) is 13.5. The number of ether oxygens (including phenoxy) is 1. The van der Waals surface area contributed by atoms with Crippen molar-refractivity contribution < 1.29 is 22.4 Å². The molecule has 0 unspecified atom stereocenters. The number of benzene rings is 3. The predicted octanol–water partition coefficient (Wildman–Crippen LogP) is 5.73. The van der Waals surface area contributed by atoms with E-state index in [1.807, 2.05) is 19.9 Å². The lowest BCUT2D eigenvalue weighted by atomic mass is 9.79. The lowest BCUT2D eigenvalue weighted by Gasteiger charge is -2.41. The number of nitrogens with one attached hydrogen (secondary N) is 2. The molecule has 1 spiro atoms. The van der Waals surface area contributed by atoms with Gasteiger partial charge >= 0.3 is 0 Å². The van der Waals surface area contributed by atoms with Crippen LogP contribution in [0.4, 0.5) is 0 Å². The third-order valence-corrected chi connectivity index (χ3v) is 9.80. The van der Waals surface area contributed by atoms with Crippen molar-refractivity contribution in [2.75, 3.05) is 0 Å². The van der Waals surface area contributed by atoms with Crippen LogP contribution in [-0.2, 0) is 21.2 Å². The average Bonchev–Trinajstić information content (AvgIpc) is 2.99. The Kier molecular flexibility index (Phi) is 7.64. The molecule has 6 rings (SSSR count). The van der Waals surface area contributed by atoms with Crippen LogP contribution in [0.1, 0.15) is 66.8 Å². The summed E-state index contributed by atoms with van der Waals surface area (Å²) in [5.41, 5.74) is 6.79. The van der Waals surface area contributed by atoms with Gasteiger partial charge in [-0.25, -0.2) is 13.8 Å². The monoisotopic (exact) mass is 585 g/mol. The van der Waals surface area contributed by atoms with E-state index in [4.69, 9.17) is 9.15 Å². The molecule has 218 valence electrons. The van der Waals surface area contributed by atoms with Crippen molar-refractivity contribution >= 4 is 26.9 Å². The van der Waals surface area contributed by atoms with Crippen molar-refractivity contribution in [3.05, 3.63) is 101 Å². The third kappa shape index (κ3) is 5.84. The zero-order valence-corrected chi connectivity index (χ0v) is 24.7. The summed E-state index contributed by atoms with van der Waals surface area (Å²) in [6.45, 7) is 3.85. The molecule has 3 aromatic carbocycles. The molecular weight excluding hydrogens is 550 g/mol. The maximum Gasteiger partial charge on any atom is 0.262 e. The molecule has 0 bridgehead atoms. The Labute approximate surface area is 245 Å². The number of aryl methyl sites for hydroxylation is 3. The molecule has 1 aliphatic heterocycles. The molecule has 2 aliphatic rings. The topological polar surface area (TPSA) is 110 Å². The lowest BCUT2D eigenvalue weighted by molar-refractivity contribution is -0.123. The van der Waals surface area contributed by atoms with Gasteiger partial charge in [0.15, 0.2) is 0 Å². The average molecular weight is 586 g/mol. The molecule has 1 saturated carbocycles. The molecule has 8 nitrogen and oxygen atoms in total. The minimum atomic E-state index is -4.00. The molecule has 1 aliphatic carbocycles. The fourth-order valence-corrected chi connectivity index (χ4v) is 7.16. The van der Waals surface area contributed by atoms with E-state index >= 15 is 0 Å². The Bertz CT molecular complexity index is 1790. The maximum atomic E-state index is 13.4. The summed E-state index contributed by atoms with van der Waals surface area (Å²) >= 11 is 0. The normalized spacial score (nSPS) is 17.4. The quantitative estimate of drug-likeness (QED) is 0.281. The second kappa shape index (κ2) is 11.4. The predicted molar refractivity (Wildman–Crippen MR) is 160 cm³/mol. The number of nitrogens with zero attached hydrogens (tertiary/aromatic N) is 1. The van der Waals surface area contributed by atoms with E-state index in [2.05, 4.69) is 21.3 Å². The molecule has 1 amide bonds. The zero-order chi connectivity index (χ0) is 29.3. The number of carbonyl (C=O) groups excluding carboxylic acids is 1. The van der Waals surface area contributed by atoms with E-state index < -0.39 is 22.0 Å². The number of amides is 1. The second-order valence-corrected chi connectivity index (χ2v) is 13.1. The van der Waals surface area contributed by atoms with Crippen molar-refractivity contribution in [2.24, 2.45) is 5.10 Å². The van der Waals surface area contributed by atoms with Crippen LogP contribution >= 0.6 is 0 Å². The van der Waals surface area contributed by atoms with Gasteiger partial charge in [-0.05, 0) is 87.3 Å². The van der Waals surface area contributed by atoms with Crippen LogP contribution in [0, 0.1) is 13.8 Å². The molecule has 4 aromatic rings. The van der Waals surface area contributed by atoms with E-state index in [0.29, 0.717) is 11.1 Å². The fraction of sp³-hybridized carbons (Fsp3) is 0.333. The minimum absolute atomic E-state index is 0.0690. The van der Waals surface area contributed by atoms with Crippen LogP contribution in [0.2, 0.25) is 0 Å². The van der Waals surface area contributed by atoms with Gasteiger partial charge in [-0.2, -0.15) is 4.72 Å². The second-order valence-electron chi connectivity index (χ2n) is 11.4. The maximum absolute atomic E-state index is 13.4. The summed E-state index contributed by atoms with van der Waals surface area (Å²) in [6, 6.07) is 19.7. The highest BCUT2D eigenvalue weighted by Gasteiger charge is 2.37. The van der Waals surface area contributed by atoms with Crippen LogP contribution in [0.3, 0.4) is 0 Å². The van der Waals surface area contributed by atoms with Gasteiger partial charge in [0.1, 0.15) is 23.0 Å². The SMILES string of the molecule is Cc1ccc(S(=O)(=O)N[C@@H](C(=O)N/N=c2\cc(C)c3cc4c(cc3o2)OC2(CCCCC2)CC4)c2ccccc2)cc1. The Morgan fingerprint density at radius 1 is 0.929 bits per heavy atom. The van der Waals surface area contributed by atoms with Crippen LogP contribution in [-0.4, -0.2) is 19.9 Å². The Balaban J connectivity index is 1.28. The molecule has 42 heavy (non-hydrogen) atoms. The molecule has 0 saturated heterocycles. The van der Waals surface area contributed by atoms with E-state index in [0.717, 1.165) is 47.9 Å². The van der Waals surface area contributed by atoms with E-state index in [1.165, 1.54) is 37.0 Å². The van der Waals surface area contributed by atoms with Gasteiger partial charge in [0.05, 0.1) is 4.90 Å². The van der Waals surface area contributed by atoms with Gasteiger partial charge in [-0.15, -0.1) is 5.10 Å². The van der Waals surface area contributed by atoms with Gasteiger partial charge in [0.25, 0.3) is 5.91 Å². The molecule has 1 fully saturated rings. The summed E-state index contributed by atoms with van der Waals surface area (Å²) in [5.74, 6) is 0.215. The van der Waals surface area contributed by atoms with Crippen LogP contribution in [0.5, 0.6) is 5.75 Å². The number of hydrogen-bond donors (Lipinski definition) is 2. The molecule has 1 aromatic heterocycles. The van der Waals surface area contributed by atoms with Crippen LogP contribution in [0.25, 0.3) is 11.0 Å². The summed E-state index contributed by atoms with van der Waals surface area (Å²) in [7, 11) is -4.00. The van der Waals surface area contributed by atoms with Gasteiger partial charge in [0.2, 0.25) is 15.6 Å². The number of hydrogen-bond acceptors (Lipinski definition) is 6. The molecule has 2 heterocycles. The first-order valence-electron chi connectivity index (χ1n) is 14.5. The van der Waals surface area contributed by atoms with Crippen LogP contribution in [0.15, 0.2) is 87.2 Å². The van der Waals surface area contributed by atoms with E-state index in [-0.39, 0.29) is 16.1 Å². The zero-order valence-electron chi connectivity index (χ0n) is 23.9. The Morgan fingerprint density at radius 2 is 1.67 bits per heavy atom. The third-order valence-electron chi connectivity index (χ3n) is 8.36. The highest BCUT2D eigenvalue weighted by atomic mass is 32.2. The highest BCUT2D eigenvalue weighted by Crippen LogP contribution is 2.43. The lowest BCUT2D eigenvalue weighted by Crippen LogP contribution is -2.41. The first kappa shape index (κ1) is 28.2. The smallest absolute Gasteiger partial charge is 0.262 e. The van der Waals surface area contributed by atoms with E-state index in [9.17, 15) is 13.2 Å². The number of rotatable bonds is 6.